The zero-order valence-corrected chi connectivity index (χ0v) is 54.4. The molecule has 0 spiro atoms. The fourth-order valence-corrected chi connectivity index (χ4v) is 8.75. The number of carbonyl (C=O) groups excluding carboxylic acids is 2. The van der Waals surface area contributed by atoms with Crippen molar-refractivity contribution in [2.24, 2.45) is 0 Å². The number of phosphoric acid groups is 1. The van der Waals surface area contributed by atoms with Crippen LogP contribution in [0.5, 0.6) is 0 Å². The first-order valence-electron chi connectivity index (χ1n) is 32.5. The molecule has 0 aromatic rings. The van der Waals surface area contributed by atoms with E-state index in [-0.39, 0.29) is 26.1 Å². The van der Waals surface area contributed by atoms with E-state index in [1.54, 1.807) is 0 Å². The second-order valence-electron chi connectivity index (χ2n) is 22.0. The van der Waals surface area contributed by atoms with Gasteiger partial charge in [-0.25, -0.2) is 4.57 Å². The van der Waals surface area contributed by atoms with Crippen molar-refractivity contribution >= 4 is 19.8 Å². The average molecular weight is 1180 g/mol. The van der Waals surface area contributed by atoms with Crippen molar-refractivity contribution in [3.8, 4) is 0 Å². The van der Waals surface area contributed by atoms with Crippen molar-refractivity contribution in [3.63, 3.8) is 0 Å². The largest absolute Gasteiger partial charge is 0.472 e. The van der Waals surface area contributed by atoms with Crippen molar-refractivity contribution in [1.82, 2.24) is 0 Å². The molecule has 0 radical (unpaired) electrons. The number of quaternary nitrogens is 1. The van der Waals surface area contributed by atoms with Gasteiger partial charge < -0.3 is 18.9 Å². The third kappa shape index (κ3) is 66.3. The van der Waals surface area contributed by atoms with Crippen molar-refractivity contribution in [1.29, 1.82) is 0 Å². The molecule has 0 heterocycles. The number of likely N-dealkylation sites (N-methyl/N-ethyl adjacent to an activating group) is 1. The number of hydrogen-bond acceptors (Lipinski definition) is 7. The first kappa shape index (κ1) is 79.1. The van der Waals surface area contributed by atoms with Crippen molar-refractivity contribution in [2.45, 2.75) is 225 Å². The monoisotopic (exact) mass is 1180 g/mol. The number of ether oxygens (including phenoxy) is 2. The minimum Gasteiger partial charge on any atom is -0.462 e. The second-order valence-corrected chi connectivity index (χ2v) is 23.5. The Morgan fingerprint density at radius 2 is 0.643 bits per heavy atom. The summed E-state index contributed by atoms with van der Waals surface area (Å²) in [6.07, 6.45) is 97.0. The van der Waals surface area contributed by atoms with Gasteiger partial charge in [0.05, 0.1) is 27.7 Å². The number of unbranched alkanes of at least 4 members (excludes halogenated alkanes) is 13. The number of phosphoric ester groups is 1. The highest BCUT2D eigenvalue weighted by atomic mass is 31.2. The number of carbonyl (C=O) groups is 2. The van der Waals surface area contributed by atoms with Crippen LogP contribution in [-0.4, -0.2) is 74.9 Å². The van der Waals surface area contributed by atoms with Gasteiger partial charge in [-0.3, -0.25) is 18.6 Å². The molecule has 472 valence electrons. The van der Waals surface area contributed by atoms with E-state index in [0.29, 0.717) is 23.9 Å². The van der Waals surface area contributed by atoms with Gasteiger partial charge in [0.1, 0.15) is 19.8 Å². The minimum absolute atomic E-state index is 0.0140. The summed E-state index contributed by atoms with van der Waals surface area (Å²) in [5.74, 6) is -0.865. The Morgan fingerprint density at radius 1 is 0.369 bits per heavy atom. The van der Waals surface area contributed by atoms with Crippen LogP contribution in [0.2, 0.25) is 0 Å². The molecule has 0 amide bonds. The van der Waals surface area contributed by atoms with Gasteiger partial charge in [-0.05, 0) is 135 Å². The van der Waals surface area contributed by atoms with Gasteiger partial charge >= 0.3 is 19.8 Å². The normalized spacial score (nSPS) is 14.4. The lowest BCUT2D eigenvalue weighted by Gasteiger charge is -2.24. The summed E-state index contributed by atoms with van der Waals surface area (Å²) in [5.41, 5.74) is 0. The zero-order chi connectivity index (χ0) is 61.2. The molecule has 0 saturated carbocycles. The summed E-state index contributed by atoms with van der Waals surface area (Å²) in [7, 11) is 1.42. The van der Waals surface area contributed by atoms with Gasteiger partial charge in [0.15, 0.2) is 6.10 Å². The number of esters is 2. The van der Waals surface area contributed by atoms with E-state index in [1.165, 1.54) is 44.9 Å². The van der Waals surface area contributed by atoms with Gasteiger partial charge in [0.25, 0.3) is 0 Å². The predicted octanol–water partition coefficient (Wildman–Crippen LogP) is 21.1. The predicted molar refractivity (Wildman–Crippen MR) is 362 cm³/mol. The van der Waals surface area contributed by atoms with Gasteiger partial charge in [-0.1, -0.05) is 254 Å². The molecule has 84 heavy (non-hydrogen) atoms. The number of nitrogens with zero attached hydrogens (tertiary/aromatic N) is 1. The highest BCUT2D eigenvalue weighted by Gasteiger charge is 2.27. The van der Waals surface area contributed by atoms with Crippen molar-refractivity contribution < 1.29 is 42.1 Å². The van der Waals surface area contributed by atoms with E-state index < -0.39 is 32.5 Å². The van der Waals surface area contributed by atoms with Gasteiger partial charge in [0.2, 0.25) is 0 Å². The molecule has 0 saturated heterocycles. The summed E-state index contributed by atoms with van der Waals surface area (Å²) in [6, 6.07) is 0. The van der Waals surface area contributed by atoms with Crippen LogP contribution < -0.4 is 0 Å². The molecule has 10 heteroatoms. The summed E-state index contributed by atoms with van der Waals surface area (Å²) in [5, 5.41) is 0. The molecular formula is C74H119NO8P+. The summed E-state index contributed by atoms with van der Waals surface area (Å²) in [4.78, 5) is 35.8. The maximum absolute atomic E-state index is 12.9. The molecule has 0 fully saturated rings. The van der Waals surface area contributed by atoms with Crippen LogP contribution in [0.1, 0.15) is 219 Å². The molecule has 0 aliphatic heterocycles. The van der Waals surface area contributed by atoms with E-state index >= 15 is 0 Å². The molecule has 0 aliphatic rings. The lowest BCUT2D eigenvalue weighted by Crippen LogP contribution is -2.37. The maximum atomic E-state index is 12.9. The van der Waals surface area contributed by atoms with Gasteiger partial charge in [0, 0.05) is 12.8 Å². The maximum Gasteiger partial charge on any atom is 0.472 e. The van der Waals surface area contributed by atoms with Crippen LogP contribution >= 0.6 is 7.82 Å². The molecule has 0 rings (SSSR count). The van der Waals surface area contributed by atoms with Crippen LogP contribution in [-0.2, 0) is 32.7 Å². The Balaban J connectivity index is 4.18. The standard InChI is InChI=1S/C74H118NO8P/c1-6-8-10-12-14-16-18-20-22-24-26-28-29-30-31-32-33-34-35-36-37-38-39-40-41-42-43-44-45-47-49-51-53-55-57-59-61-63-65-67-74(77)83-72(71-82-84(78,79)81-69-68-75(3,4)5)70-80-73(76)66-64-62-60-58-56-54-52-50-48-46-27-25-23-21-19-17-15-13-11-9-7-2/h8-11,14-17,20-23,26-28,30-31,33-34,36-37,39-40,42-43,46,50,52,56,58,72H,6-7,12-13,18-19,24-25,29,32,35,38,41,44-45,47-49,51,53-55,57,59-71H2,1-5H3/p+1/b10-8-,11-9-,16-14-,17-15-,22-20-,23-21-,28-26-,31-30-,34-33-,37-36-,40-39-,43-42-,46-27-,52-50-,58-56-. The van der Waals surface area contributed by atoms with Crippen LogP contribution in [0.4, 0.5) is 0 Å². The van der Waals surface area contributed by atoms with Crippen molar-refractivity contribution in [2.75, 3.05) is 47.5 Å². The topological polar surface area (TPSA) is 108 Å². The Kier molecular flexibility index (Phi) is 59.0. The Bertz CT molecular complexity index is 2070. The Morgan fingerprint density at radius 3 is 0.976 bits per heavy atom. The fourth-order valence-electron chi connectivity index (χ4n) is 8.01. The molecule has 9 nitrogen and oxygen atoms in total. The van der Waals surface area contributed by atoms with E-state index in [1.807, 2.05) is 21.1 Å². The average Bonchev–Trinajstić information content (AvgIpc) is 3.61. The number of hydrogen-bond donors (Lipinski definition) is 1. The van der Waals surface area contributed by atoms with Crippen LogP contribution in [0.3, 0.4) is 0 Å². The van der Waals surface area contributed by atoms with E-state index in [2.05, 4.69) is 196 Å². The van der Waals surface area contributed by atoms with E-state index in [4.69, 9.17) is 18.5 Å². The molecule has 2 atom stereocenters. The van der Waals surface area contributed by atoms with Gasteiger partial charge in [-0.15, -0.1) is 0 Å². The quantitative estimate of drug-likeness (QED) is 0.0211. The second kappa shape index (κ2) is 62.6. The smallest absolute Gasteiger partial charge is 0.462 e. The van der Waals surface area contributed by atoms with E-state index in [0.717, 1.165) is 135 Å². The van der Waals surface area contributed by atoms with Crippen molar-refractivity contribution in [3.05, 3.63) is 182 Å². The fraction of sp³-hybridized carbons (Fsp3) is 0.568. The minimum atomic E-state index is -4.41. The third-order valence-corrected chi connectivity index (χ3v) is 13.9. The molecule has 0 aliphatic carbocycles. The summed E-state index contributed by atoms with van der Waals surface area (Å²) >= 11 is 0. The van der Waals surface area contributed by atoms with Gasteiger partial charge in [-0.2, -0.15) is 0 Å². The highest BCUT2D eigenvalue weighted by molar-refractivity contribution is 7.47. The molecule has 0 bridgehead atoms. The SMILES string of the molecule is CC/C=C\C/C=C\C/C=C\C/C=C\C/C=C\C/C=C\C/C=C\C/C=C\C/C=C\CCCCCCCCCCCCCC(=O)OC(COC(=O)CCCC/C=C\C/C=C\C/C=C\C/C=C\C/C=C\C/C=C\CC)COP(=O)(O)OCC[N+](C)(C)C. The molecule has 2 unspecified atom stereocenters. The molecular weight excluding hydrogens is 1060 g/mol. The Hall–Kier alpha value is -4.89. The van der Waals surface area contributed by atoms with Crippen LogP contribution in [0.25, 0.3) is 0 Å². The molecule has 0 aromatic carbocycles. The first-order valence-corrected chi connectivity index (χ1v) is 34.0. The summed E-state index contributed by atoms with van der Waals surface area (Å²) < 4.78 is 34.6. The zero-order valence-electron chi connectivity index (χ0n) is 53.6. The number of rotatable bonds is 57. The first-order chi connectivity index (χ1) is 41.0. The lowest BCUT2D eigenvalue weighted by atomic mass is 10.0. The van der Waals surface area contributed by atoms with Crippen LogP contribution in [0, 0.1) is 0 Å². The lowest BCUT2D eigenvalue weighted by molar-refractivity contribution is -0.870. The van der Waals surface area contributed by atoms with Crippen LogP contribution in [0.15, 0.2) is 182 Å². The Labute approximate surface area is 514 Å². The van der Waals surface area contributed by atoms with E-state index in [9.17, 15) is 19.0 Å². The molecule has 0 aromatic heterocycles. The third-order valence-electron chi connectivity index (χ3n) is 12.9. The number of allylic oxidation sites excluding steroid dienone is 30. The highest BCUT2D eigenvalue weighted by Crippen LogP contribution is 2.43. The summed E-state index contributed by atoms with van der Waals surface area (Å²) in [6.45, 7) is 4.12. The molecule has 1 N–H and O–H groups in total.